The molecule has 0 aliphatic heterocycles. The summed E-state index contributed by atoms with van der Waals surface area (Å²) in [5, 5.41) is 23.2. The molecule has 1 aromatic heterocycles. The fourth-order valence-electron chi connectivity index (χ4n) is 2.96. The second kappa shape index (κ2) is 13.6. The van der Waals surface area contributed by atoms with Crippen LogP contribution in [0.1, 0.15) is 35.8 Å². The molecule has 0 radical (unpaired) electrons. The zero-order valence-corrected chi connectivity index (χ0v) is 20.0. The summed E-state index contributed by atoms with van der Waals surface area (Å²) < 4.78 is 5.23. The Hall–Kier alpha value is -4.02. The third kappa shape index (κ3) is 8.36. The number of carbonyl (C=O) groups is 4. The first-order valence-electron chi connectivity index (χ1n) is 10.6. The van der Waals surface area contributed by atoms with Gasteiger partial charge in [-0.15, -0.1) is 11.3 Å². The number of ether oxygens (including phenoxy) is 1. The molecule has 4 N–H and O–H groups in total. The first-order valence-corrected chi connectivity index (χ1v) is 11.5. The molecule has 0 aliphatic carbocycles. The highest BCUT2D eigenvalue weighted by molar-refractivity contribution is 7.15. The highest BCUT2D eigenvalue weighted by Gasteiger charge is 2.22. The van der Waals surface area contributed by atoms with Crippen LogP contribution in [0, 0.1) is 0 Å². The van der Waals surface area contributed by atoms with Crippen molar-refractivity contribution in [3.8, 4) is 11.1 Å². The first kappa shape index (κ1) is 27.2. The summed E-state index contributed by atoms with van der Waals surface area (Å²) in [6, 6.07) is 19.6. The first-order chi connectivity index (χ1) is 16.7. The Morgan fingerprint density at radius 2 is 1.51 bits per heavy atom. The van der Waals surface area contributed by atoms with Gasteiger partial charge in [0.15, 0.2) is 0 Å². The van der Waals surface area contributed by atoms with Gasteiger partial charge in [-0.05, 0) is 25.0 Å². The maximum absolute atomic E-state index is 12.6. The Morgan fingerprint density at radius 1 is 0.943 bits per heavy atom. The van der Waals surface area contributed by atoms with Gasteiger partial charge in [0, 0.05) is 17.0 Å². The highest BCUT2D eigenvalue weighted by Crippen LogP contribution is 2.36. The highest BCUT2D eigenvalue weighted by atomic mass is 32.1. The van der Waals surface area contributed by atoms with Crippen LogP contribution in [-0.4, -0.2) is 47.2 Å². The molecule has 1 heterocycles. The molecule has 1 amide bonds. The second-order valence-electron chi connectivity index (χ2n) is 7.11. The van der Waals surface area contributed by atoms with E-state index >= 15 is 0 Å². The minimum Gasteiger partial charge on any atom is -0.473 e. The zero-order valence-electron chi connectivity index (χ0n) is 19.2. The molecule has 9 nitrogen and oxygen atoms in total. The number of anilines is 1. The van der Waals surface area contributed by atoms with Crippen LogP contribution in [0.3, 0.4) is 0 Å². The van der Waals surface area contributed by atoms with E-state index in [-0.39, 0.29) is 25.1 Å². The van der Waals surface area contributed by atoms with Crippen molar-refractivity contribution in [3.63, 3.8) is 0 Å². The number of carboxylic acid groups (broad SMARTS) is 2. The van der Waals surface area contributed by atoms with Crippen LogP contribution in [-0.2, 0) is 19.1 Å². The smallest absolute Gasteiger partial charge is 0.414 e. The molecule has 0 fully saturated rings. The molecule has 0 saturated carbocycles. The molecular formula is C25H26N2O7S. The van der Waals surface area contributed by atoms with Crippen LogP contribution >= 0.6 is 11.3 Å². The number of thiophene rings is 1. The molecule has 0 bridgehead atoms. The van der Waals surface area contributed by atoms with Crippen LogP contribution < -0.4 is 10.6 Å². The number of carbonyl (C=O) groups excluding carboxylic acids is 2. The Bertz CT molecular complexity index is 1140. The van der Waals surface area contributed by atoms with Crippen molar-refractivity contribution in [1.82, 2.24) is 5.32 Å². The van der Waals surface area contributed by atoms with Crippen molar-refractivity contribution in [2.45, 2.75) is 19.9 Å². The minimum absolute atomic E-state index is 0.0368. The summed E-state index contributed by atoms with van der Waals surface area (Å²) in [5.74, 6) is -4.29. The normalized spacial score (nSPS) is 10.9. The van der Waals surface area contributed by atoms with E-state index in [1.54, 1.807) is 6.92 Å². The molecule has 3 aromatic rings. The second-order valence-corrected chi connectivity index (χ2v) is 7.99. The van der Waals surface area contributed by atoms with Gasteiger partial charge in [-0.25, -0.2) is 14.4 Å². The summed E-state index contributed by atoms with van der Waals surface area (Å²) in [7, 11) is 0. The lowest BCUT2D eigenvalue weighted by Crippen LogP contribution is -2.30. The average molecular weight is 499 g/mol. The van der Waals surface area contributed by atoms with Crippen LogP contribution in [0.25, 0.3) is 11.1 Å². The van der Waals surface area contributed by atoms with Crippen LogP contribution in [0.2, 0.25) is 0 Å². The molecule has 0 aliphatic rings. The molecule has 184 valence electrons. The number of nitrogens with one attached hydrogen (secondary N) is 2. The molecule has 10 heteroatoms. The van der Waals surface area contributed by atoms with Gasteiger partial charge in [0.25, 0.3) is 0 Å². The molecule has 3 rings (SSSR count). The Morgan fingerprint density at radius 3 is 2.06 bits per heavy atom. The number of hydrogen-bond acceptors (Lipinski definition) is 7. The van der Waals surface area contributed by atoms with Gasteiger partial charge >= 0.3 is 17.9 Å². The maximum Gasteiger partial charge on any atom is 0.414 e. The van der Waals surface area contributed by atoms with Crippen molar-refractivity contribution in [3.05, 3.63) is 77.2 Å². The van der Waals surface area contributed by atoms with Gasteiger partial charge in [-0.1, -0.05) is 60.7 Å². The van der Waals surface area contributed by atoms with Crippen molar-refractivity contribution >= 4 is 40.2 Å². The topological polar surface area (TPSA) is 142 Å². The number of amides is 1. The molecule has 1 atom stereocenters. The van der Waals surface area contributed by atoms with Crippen molar-refractivity contribution in [2.24, 2.45) is 0 Å². The largest absolute Gasteiger partial charge is 0.473 e. The Kier molecular flexibility index (Phi) is 10.6. The van der Waals surface area contributed by atoms with E-state index in [1.807, 2.05) is 73.0 Å². The van der Waals surface area contributed by atoms with Gasteiger partial charge in [0.2, 0.25) is 5.91 Å². The van der Waals surface area contributed by atoms with Crippen molar-refractivity contribution < 1.29 is 34.1 Å². The standard InChI is InChI=1S/C23H24N2O3S.C2H2O4/c1-3-28-23(27)21-19(18-12-8-5-9-13-18)15-29-22(21)25-20(26)14-24-16(2)17-10-6-4-7-11-17;3-1(4)2(5)6/h4-13,15-16,24H,3,14H2,1-2H3,(H,25,26);(H,3,4)(H,5,6). The van der Waals surface area contributed by atoms with Gasteiger partial charge in [0.05, 0.1) is 13.2 Å². The molecule has 0 spiro atoms. The van der Waals surface area contributed by atoms with Gasteiger partial charge in [0.1, 0.15) is 10.6 Å². The van der Waals surface area contributed by atoms with E-state index in [9.17, 15) is 9.59 Å². The van der Waals surface area contributed by atoms with E-state index in [4.69, 9.17) is 24.5 Å². The number of carboxylic acids is 2. The Labute approximate surface area is 206 Å². The summed E-state index contributed by atoms with van der Waals surface area (Å²) in [4.78, 5) is 43.3. The number of rotatable bonds is 8. The molecule has 35 heavy (non-hydrogen) atoms. The third-order valence-corrected chi connectivity index (χ3v) is 5.56. The molecule has 2 aromatic carbocycles. The van der Waals surface area contributed by atoms with Gasteiger partial charge < -0.3 is 25.6 Å². The maximum atomic E-state index is 12.6. The fourth-order valence-corrected chi connectivity index (χ4v) is 3.94. The van der Waals surface area contributed by atoms with Crippen LogP contribution in [0.4, 0.5) is 5.00 Å². The van der Waals surface area contributed by atoms with E-state index in [1.165, 1.54) is 11.3 Å². The summed E-state index contributed by atoms with van der Waals surface area (Å²) in [5.41, 5.74) is 3.17. The van der Waals surface area contributed by atoms with Crippen LogP contribution in [0.5, 0.6) is 0 Å². The van der Waals surface area contributed by atoms with Crippen molar-refractivity contribution in [1.29, 1.82) is 0 Å². The lowest BCUT2D eigenvalue weighted by atomic mass is 10.0. The van der Waals surface area contributed by atoms with Gasteiger partial charge in [-0.3, -0.25) is 4.79 Å². The lowest BCUT2D eigenvalue weighted by molar-refractivity contribution is -0.159. The fraction of sp³-hybridized carbons (Fsp3) is 0.200. The number of benzene rings is 2. The van der Waals surface area contributed by atoms with Crippen molar-refractivity contribution in [2.75, 3.05) is 18.5 Å². The summed E-state index contributed by atoms with van der Waals surface area (Å²) >= 11 is 1.32. The van der Waals surface area contributed by atoms with E-state index in [0.29, 0.717) is 10.6 Å². The summed E-state index contributed by atoms with van der Waals surface area (Å²) in [6.45, 7) is 4.17. The predicted molar refractivity (Wildman–Crippen MR) is 132 cm³/mol. The van der Waals surface area contributed by atoms with E-state index in [2.05, 4.69) is 10.6 Å². The zero-order chi connectivity index (χ0) is 25.8. The Balaban J connectivity index is 0.000000641. The van der Waals surface area contributed by atoms with E-state index < -0.39 is 17.9 Å². The number of aliphatic carboxylic acids is 2. The summed E-state index contributed by atoms with van der Waals surface area (Å²) in [6.07, 6.45) is 0. The number of hydrogen-bond donors (Lipinski definition) is 4. The molecule has 0 saturated heterocycles. The van der Waals surface area contributed by atoms with Gasteiger partial charge in [-0.2, -0.15) is 0 Å². The van der Waals surface area contributed by atoms with Crippen LogP contribution in [0.15, 0.2) is 66.0 Å². The average Bonchev–Trinajstić information content (AvgIpc) is 3.27. The minimum atomic E-state index is -1.82. The SMILES string of the molecule is CCOC(=O)c1c(-c2ccccc2)csc1NC(=O)CNC(C)c1ccccc1.O=C(O)C(=O)O. The number of esters is 1. The lowest BCUT2D eigenvalue weighted by Gasteiger charge is -2.14. The third-order valence-electron chi connectivity index (χ3n) is 4.66. The molecule has 1 unspecified atom stereocenters. The predicted octanol–water partition coefficient (Wildman–Crippen LogP) is 4.04. The monoisotopic (exact) mass is 498 g/mol. The molecular weight excluding hydrogens is 472 g/mol. The van der Waals surface area contributed by atoms with E-state index in [0.717, 1.165) is 16.7 Å². The quantitative estimate of drug-likeness (QED) is 0.269.